The Bertz CT molecular complexity index is 196. The van der Waals surface area contributed by atoms with Crippen molar-refractivity contribution in [2.75, 3.05) is 19.6 Å². The molecule has 2 atom stereocenters. The van der Waals surface area contributed by atoms with Gasteiger partial charge in [-0.1, -0.05) is 6.92 Å². The van der Waals surface area contributed by atoms with Gasteiger partial charge in [0, 0.05) is 13.1 Å². The van der Waals surface area contributed by atoms with Crippen LogP contribution in [0.4, 0.5) is 0 Å². The van der Waals surface area contributed by atoms with Gasteiger partial charge in [0.25, 0.3) is 0 Å². The number of aliphatic hydroxyl groups is 1. The summed E-state index contributed by atoms with van der Waals surface area (Å²) in [4.78, 5) is 11.6. The second kappa shape index (κ2) is 8.79. The van der Waals surface area contributed by atoms with Crippen molar-refractivity contribution in [3.63, 3.8) is 0 Å². The van der Waals surface area contributed by atoms with Crippen molar-refractivity contribution in [3.8, 4) is 0 Å². The third-order valence-electron chi connectivity index (χ3n) is 2.92. The lowest BCUT2D eigenvalue weighted by atomic mass is 9.99. The molecule has 1 saturated heterocycles. The molecule has 0 aromatic rings. The summed E-state index contributed by atoms with van der Waals surface area (Å²) in [6.45, 7) is 4.35. The Morgan fingerprint density at radius 3 is 2.94 bits per heavy atom. The molecule has 1 fully saturated rings. The maximum atomic E-state index is 11.6. The van der Waals surface area contributed by atoms with Crippen LogP contribution in [0.2, 0.25) is 0 Å². The monoisotopic (exact) mass is 250 g/mol. The lowest BCUT2D eigenvalue weighted by Crippen LogP contribution is -2.41. The normalized spacial score (nSPS) is 22.0. The summed E-state index contributed by atoms with van der Waals surface area (Å²) >= 11 is 0. The van der Waals surface area contributed by atoms with Crippen LogP contribution in [-0.2, 0) is 4.79 Å². The highest BCUT2D eigenvalue weighted by molar-refractivity contribution is 5.85. The zero-order valence-corrected chi connectivity index (χ0v) is 10.7. The van der Waals surface area contributed by atoms with Crippen LogP contribution in [0.5, 0.6) is 0 Å². The molecule has 0 bridgehead atoms. The van der Waals surface area contributed by atoms with E-state index < -0.39 is 0 Å². The summed E-state index contributed by atoms with van der Waals surface area (Å²) in [7, 11) is 0. The van der Waals surface area contributed by atoms with E-state index >= 15 is 0 Å². The van der Waals surface area contributed by atoms with Crippen molar-refractivity contribution >= 4 is 18.3 Å². The number of aliphatic hydroxyl groups excluding tert-OH is 1. The molecule has 0 aromatic carbocycles. The van der Waals surface area contributed by atoms with Crippen LogP contribution >= 0.6 is 12.4 Å². The van der Waals surface area contributed by atoms with Crippen molar-refractivity contribution in [2.45, 2.75) is 38.7 Å². The predicted molar refractivity (Wildman–Crippen MR) is 66.8 cm³/mol. The number of carbonyl (C=O) groups is 1. The van der Waals surface area contributed by atoms with Crippen LogP contribution in [0.1, 0.15) is 32.6 Å². The van der Waals surface area contributed by atoms with Crippen LogP contribution < -0.4 is 10.6 Å². The van der Waals surface area contributed by atoms with Gasteiger partial charge < -0.3 is 15.7 Å². The molecule has 1 heterocycles. The number of hydrogen-bond donors (Lipinski definition) is 3. The second-order valence-corrected chi connectivity index (χ2v) is 4.19. The van der Waals surface area contributed by atoms with Gasteiger partial charge in [-0.2, -0.15) is 0 Å². The fourth-order valence-electron chi connectivity index (χ4n) is 1.79. The smallest absolute Gasteiger partial charge is 0.224 e. The Hall–Kier alpha value is -0.320. The van der Waals surface area contributed by atoms with Gasteiger partial charge in [-0.3, -0.25) is 4.79 Å². The maximum absolute atomic E-state index is 11.6. The molecule has 0 saturated carbocycles. The third-order valence-corrected chi connectivity index (χ3v) is 2.92. The van der Waals surface area contributed by atoms with Crippen LogP contribution in [-0.4, -0.2) is 36.8 Å². The SMILES string of the molecule is CCC(O)CCNC(=O)C1CCCNC1.Cl. The Balaban J connectivity index is 0.00000225. The Kier molecular flexibility index (Phi) is 8.61. The van der Waals surface area contributed by atoms with Crippen LogP contribution in [0, 0.1) is 5.92 Å². The van der Waals surface area contributed by atoms with E-state index in [1.807, 2.05) is 6.92 Å². The third kappa shape index (κ3) is 5.68. The molecule has 16 heavy (non-hydrogen) atoms. The number of rotatable bonds is 5. The molecule has 0 radical (unpaired) electrons. The highest BCUT2D eigenvalue weighted by Gasteiger charge is 2.20. The van der Waals surface area contributed by atoms with E-state index in [-0.39, 0.29) is 30.3 Å². The summed E-state index contributed by atoms with van der Waals surface area (Å²) in [6, 6.07) is 0. The fraction of sp³-hybridized carbons (Fsp3) is 0.909. The van der Waals surface area contributed by atoms with Crippen molar-refractivity contribution in [3.05, 3.63) is 0 Å². The molecule has 0 aliphatic carbocycles. The molecule has 4 nitrogen and oxygen atoms in total. The molecule has 96 valence electrons. The van der Waals surface area contributed by atoms with Crippen molar-refractivity contribution in [1.29, 1.82) is 0 Å². The van der Waals surface area contributed by atoms with Crippen molar-refractivity contribution in [2.24, 2.45) is 5.92 Å². The molecule has 3 N–H and O–H groups in total. The average molecular weight is 251 g/mol. The number of amides is 1. The molecule has 0 spiro atoms. The van der Waals surface area contributed by atoms with Gasteiger partial charge in [0.15, 0.2) is 0 Å². The molecular formula is C11H23ClN2O2. The zero-order valence-electron chi connectivity index (χ0n) is 9.87. The molecule has 5 heteroatoms. The molecule has 0 aromatic heterocycles. The van der Waals surface area contributed by atoms with Gasteiger partial charge in [0.05, 0.1) is 12.0 Å². The molecular weight excluding hydrogens is 228 g/mol. The number of piperidine rings is 1. The van der Waals surface area contributed by atoms with Crippen LogP contribution in [0.25, 0.3) is 0 Å². The summed E-state index contributed by atoms with van der Waals surface area (Å²) in [5.74, 6) is 0.253. The van der Waals surface area contributed by atoms with Gasteiger partial charge in [-0.15, -0.1) is 12.4 Å². The van der Waals surface area contributed by atoms with E-state index in [1.165, 1.54) is 0 Å². The number of halogens is 1. The van der Waals surface area contributed by atoms with E-state index in [1.54, 1.807) is 0 Å². The van der Waals surface area contributed by atoms with Gasteiger partial charge in [0.2, 0.25) is 5.91 Å². The molecule has 1 amide bonds. The van der Waals surface area contributed by atoms with Gasteiger partial charge in [-0.05, 0) is 32.2 Å². The maximum Gasteiger partial charge on any atom is 0.224 e. The van der Waals surface area contributed by atoms with Gasteiger partial charge in [0.1, 0.15) is 0 Å². The number of hydrogen-bond acceptors (Lipinski definition) is 3. The number of nitrogens with one attached hydrogen (secondary N) is 2. The molecule has 1 rings (SSSR count). The largest absolute Gasteiger partial charge is 0.393 e. The van der Waals surface area contributed by atoms with Crippen LogP contribution in [0.15, 0.2) is 0 Å². The van der Waals surface area contributed by atoms with E-state index in [0.29, 0.717) is 13.0 Å². The summed E-state index contributed by atoms with van der Waals surface area (Å²) in [6.07, 6.45) is 3.18. The minimum atomic E-state index is -0.283. The van der Waals surface area contributed by atoms with E-state index in [4.69, 9.17) is 0 Å². The first-order valence-electron chi connectivity index (χ1n) is 5.90. The minimum Gasteiger partial charge on any atom is -0.393 e. The molecule has 2 unspecified atom stereocenters. The minimum absolute atomic E-state index is 0. The summed E-state index contributed by atoms with van der Waals surface area (Å²) in [5, 5.41) is 15.4. The standard InChI is InChI=1S/C11H22N2O2.ClH/c1-2-10(14)5-7-13-11(15)9-4-3-6-12-8-9;/h9-10,12,14H,2-8H2,1H3,(H,13,15);1H. The zero-order chi connectivity index (χ0) is 11.1. The highest BCUT2D eigenvalue weighted by Crippen LogP contribution is 2.09. The molecule has 1 aliphatic rings. The highest BCUT2D eigenvalue weighted by atomic mass is 35.5. The van der Waals surface area contributed by atoms with Gasteiger partial charge in [-0.25, -0.2) is 0 Å². The lowest BCUT2D eigenvalue weighted by molar-refractivity contribution is -0.125. The Labute approximate surface area is 104 Å². The fourth-order valence-corrected chi connectivity index (χ4v) is 1.79. The molecule has 1 aliphatic heterocycles. The van der Waals surface area contributed by atoms with Crippen LogP contribution in [0.3, 0.4) is 0 Å². The van der Waals surface area contributed by atoms with Crippen molar-refractivity contribution in [1.82, 2.24) is 10.6 Å². The van der Waals surface area contributed by atoms with Crippen molar-refractivity contribution < 1.29 is 9.90 Å². The first-order valence-corrected chi connectivity index (χ1v) is 5.90. The van der Waals surface area contributed by atoms with E-state index in [9.17, 15) is 9.90 Å². The van der Waals surface area contributed by atoms with Gasteiger partial charge >= 0.3 is 0 Å². The first-order chi connectivity index (χ1) is 7.24. The summed E-state index contributed by atoms with van der Waals surface area (Å²) in [5.41, 5.74) is 0. The summed E-state index contributed by atoms with van der Waals surface area (Å²) < 4.78 is 0. The van der Waals surface area contributed by atoms with E-state index in [2.05, 4.69) is 10.6 Å². The predicted octanol–water partition coefficient (Wildman–Crippen LogP) is 0.685. The second-order valence-electron chi connectivity index (χ2n) is 4.19. The lowest BCUT2D eigenvalue weighted by Gasteiger charge is -2.22. The Morgan fingerprint density at radius 1 is 1.62 bits per heavy atom. The van der Waals surface area contributed by atoms with E-state index in [0.717, 1.165) is 32.4 Å². The topological polar surface area (TPSA) is 61.4 Å². The number of carbonyl (C=O) groups excluding carboxylic acids is 1. The average Bonchev–Trinajstić information content (AvgIpc) is 2.29. The first kappa shape index (κ1) is 15.7. The quantitative estimate of drug-likeness (QED) is 0.673. The Morgan fingerprint density at radius 2 is 2.38 bits per heavy atom.